The Hall–Kier alpha value is -2.82. The summed E-state index contributed by atoms with van der Waals surface area (Å²) in [5.74, 6) is 0.460. The van der Waals surface area contributed by atoms with Crippen LogP contribution in [-0.4, -0.2) is 47.3 Å². The summed E-state index contributed by atoms with van der Waals surface area (Å²) in [7, 11) is 0. The monoisotopic (exact) mass is 351 g/mol. The van der Waals surface area contributed by atoms with E-state index < -0.39 is 12.2 Å². The van der Waals surface area contributed by atoms with Crippen molar-refractivity contribution in [3.63, 3.8) is 0 Å². The first-order valence-electron chi connectivity index (χ1n) is 7.69. The average Bonchev–Trinajstić information content (AvgIpc) is 3.12. The standard InChI is InChI=1S/C14H15F2N7O2/c15-13(16)25-11-4-9(21-22-11)19-10-6-17-8-5-18-23(12(8)20-10)7-14(24)2-1-3-14/h4-6,13,24H,1-3,7H2,(H2,19,20,21,22). The quantitative estimate of drug-likeness (QED) is 0.620. The number of nitrogens with zero attached hydrogens (tertiary/aromatic N) is 5. The third kappa shape index (κ3) is 3.22. The van der Waals surface area contributed by atoms with E-state index in [9.17, 15) is 13.9 Å². The average molecular weight is 351 g/mol. The molecule has 1 saturated carbocycles. The van der Waals surface area contributed by atoms with Crippen LogP contribution >= 0.6 is 0 Å². The van der Waals surface area contributed by atoms with Crippen LogP contribution < -0.4 is 10.1 Å². The number of halogens is 2. The Labute approximate surface area is 140 Å². The van der Waals surface area contributed by atoms with Crippen molar-refractivity contribution in [1.82, 2.24) is 29.9 Å². The predicted molar refractivity (Wildman–Crippen MR) is 82.6 cm³/mol. The number of H-pyrrole nitrogens is 1. The topological polar surface area (TPSA) is 114 Å². The van der Waals surface area contributed by atoms with Crippen LogP contribution in [0.1, 0.15) is 19.3 Å². The van der Waals surface area contributed by atoms with Crippen LogP contribution in [0.3, 0.4) is 0 Å². The van der Waals surface area contributed by atoms with Crippen molar-refractivity contribution in [2.75, 3.05) is 5.32 Å². The Kier molecular flexibility index (Phi) is 3.71. The SMILES string of the molecule is OC1(Cn2ncc3ncc(Nc4cc(OC(F)F)[nH]n4)nc32)CCC1. The first kappa shape index (κ1) is 15.7. The Bertz CT molecular complexity index is 890. The molecule has 1 aliphatic carbocycles. The fourth-order valence-corrected chi connectivity index (χ4v) is 2.70. The number of alkyl halides is 2. The van der Waals surface area contributed by atoms with Gasteiger partial charge in [0.1, 0.15) is 5.52 Å². The first-order chi connectivity index (χ1) is 12.0. The van der Waals surface area contributed by atoms with Gasteiger partial charge in [-0.05, 0) is 19.3 Å². The molecular formula is C14H15F2N7O2. The van der Waals surface area contributed by atoms with E-state index in [0.29, 0.717) is 23.5 Å². The van der Waals surface area contributed by atoms with Crippen LogP contribution in [0.4, 0.5) is 20.4 Å². The van der Waals surface area contributed by atoms with Gasteiger partial charge in [-0.3, -0.25) is 0 Å². The van der Waals surface area contributed by atoms with E-state index in [4.69, 9.17) is 0 Å². The minimum Gasteiger partial charge on any atom is -0.417 e. The molecule has 3 N–H and O–H groups in total. The highest BCUT2D eigenvalue weighted by molar-refractivity contribution is 5.72. The predicted octanol–water partition coefficient (Wildman–Crippen LogP) is 1.81. The van der Waals surface area contributed by atoms with Crippen molar-refractivity contribution in [3.05, 3.63) is 18.5 Å². The summed E-state index contributed by atoms with van der Waals surface area (Å²) in [6.07, 6.45) is 5.53. The fourth-order valence-electron chi connectivity index (χ4n) is 2.70. The van der Waals surface area contributed by atoms with Gasteiger partial charge in [0.05, 0.1) is 24.5 Å². The summed E-state index contributed by atoms with van der Waals surface area (Å²) < 4.78 is 30.2. The van der Waals surface area contributed by atoms with Crippen LogP contribution in [-0.2, 0) is 6.54 Å². The molecular weight excluding hydrogens is 336 g/mol. The Morgan fingerprint density at radius 3 is 2.92 bits per heavy atom. The number of rotatable bonds is 6. The third-order valence-electron chi connectivity index (χ3n) is 4.10. The van der Waals surface area contributed by atoms with Crippen LogP contribution in [0.15, 0.2) is 18.5 Å². The molecule has 0 aliphatic heterocycles. The molecule has 3 aromatic heterocycles. The molecule has 9 nitrogen and oxygen atoms in total. The van der Waals surface area contributed by atoms with Crippen molar-refractivity contribution in [2.45, 2.75) is 38.0 Å². The zero-order valence-corrected chi connectivity index (χ0v) is 13.0. The first-order valence-corrected chi connectivity index (χ1v) is 7.69. The summed E-state index contributed by atoms with van der Waals surface area (Å²) >= 11 is 0. The smallest absolute Gasteiger partial charge is 0.388 e. The van der Waals surface area contributed by atoms with Crippen molar-refractivity contribution in [1.29, 1.82) is 0 Å². The van der Waals surface area contributed by atoms with Gasteiger partial charge in [-0.1, -0.05) is 0 Å². The van der Waals surface area contributed by atoms with E-state index in [0.717, 1.165) is 19.3 Å². The molecule has 4 rings (SSSR count). The molecule has 25 heavy (non-hydrogen) atoms. The highest BCUT2D eigenvalue weighted by atomic mass is 19.3. The number of ether oxygens (including phenoxy) is 1. The maximum atomic E-state index is 12.2. The Balaban J connectivity index is 1.54. The third-order valence-corrected chi connectivity index (χ3v) is 4.10. The minimum absolute atomic E-state index is 0.163. The van der Waals surface area contributed by atoms with Crippen LogP contribution in [0, 0.1) is 0 Å². The normalized spacial score (nSPS) is 16.2. The van der Waals surface area contributed by atoms with E-state index in [1.54, 1.807) is 10.9 Å². The lowest BCUT2D eigenvalue weighted by molar-refractivity contribution is -0.0529. The molecule has 0 aromatic carbocycles. The van der Waals surface area contributed by atoms with Crippen LogP contribution in [0.25, 0.3) is 11.2 Å². The molecule has 0 amide bonds. The Morgan fingerprint density at radius 1 is 1.36 bits per heavy atom. The Morgan fingerprint density at radius 2 is 2.20 bits per heavy atom. The molecule has 0 atom stereocenters. The lowest BCUT2D eigenvalue weighted by Gasteiger charge is -2.36. The van der Waals surface area contributed by atoms with Gasteiger partial charge in [0, 0.05) is 6.07 Å². The van der Waals surface area contributed by atoms with E-state index in [-0.39, 0.29) is 11.7 Å². The molecule has 0 saturated heterocycles. The summed E-state index contributed by atoms with van der Waals surface area (Å²) in [5.41, 5.74) is 0.371. The van der Waals surface area contributed by atoms with E-state index >= 15 is 0 Å². The van der Waals surface area contributed by atoms with Crippen molar-refractivity contribution < 1.29 is 18.6 Å². The molecule has 132 valence electrons. The summed E-state index contributed by atoms with van der Waals surface area (Å²) in [6.45, 7) is -2.58. The molecule has 3 heterocycles. The van der Waals surface area contributed by atoms with Gasteiger partial charge in [-0.25, -0.2) is 19.7 Å². The maximum Gasteiger partial charge on any atom is 0.388 e. The summed E-state index contributed by atoms with van der Waals surface area (Å²) in [6, 6.07) is 1.28. The second kappa shape index (κ2) is 5.92. The zero-order valence-electron chi connectivity index (χ0n) is 13.0. The lowest BCUT2D eigenvalue weighted by Crippen LogP contribution is -2.41. The van der Waals surface area contributed by atoms with Crippen molar-refractivity contribution in [3.8, 4) is 5.88 Å². The lowest BCUT2D eigenvalue weighted by atomic mass is 9.80. The van der Waals surface area contributed by atoms with E-state index in [2.05, 4.69) is 35.3 Å². The van der Waals surface area contributed by atoms with Crippen molar-refractivity contribution in [2.24, 2.45) is 0 Å². The van der Waals surface area contributed by atoms with Gasteiger partial charge >= 0.3 is 6.61 Å². The number of fused-ring (bicyclic) bond motifs is 1. The fraction of sp³-hybridized carbons (Fsp3) is 0.429. The highest BCUT2D eigenvalue weighted by Crippen LogP contribution is 2.33. The highest BCUT2D eigenvalue weighted by Gasteiger charge is 2.35. The molecule has 11 heteroatoms. The molecule has 1 fully saturated rings. The van der Waals surface area contributed by atoms with Gasteiger partial charge in [0.15, 0.2) is 17.3 Å². The summed E-state index contributed by atoms with van der Waals surface area (Å²) in [5, 5.41) is 23.5. The molecule has 0 spiro atoms. The molecule has 0 bridgehead atoms. The van der Waals surface area contributed by atoms with E-state index in [1.807, 2.05) is 0 Å². The second-order valence-corrected chi connectivity index (χ2v) is 5.97. The van der Waals surface area contributed by atoms with Crippen LogP contribution in [0.2, 0.25) is 0 Å². The molecule has 1 aliphatic rings. The van der Waals surface area contributed by atoms with Gasteiger partial charge in [-0.15, -0.1) is 0 Å². The minimum atomic E-state index is -2.93. The number of hydrogen-bond acceptors (Lipinski definition) is 7. The van der Waals surface area contributed by atoms with Crippen LogP contribution in [0.5, 0.6) is 5.88 Å². The number of aromatic nitrogens is 6. The van der Waals surface area contributed by atoms with Gasteiger partial charge in [0.2, 0.25) is 5.88 Å². The number of nitrogens with one attached hydrogen (secondary N) is 2. The number of anilines is 2. The largest absolute Gasteiger partial charge is 0.417 e. The van der Waals surface area contributed by atoms with E-state index in [1.165, 1.54) is 12.3 Å². The number of hydrogen-bond donors (Lipinski definition) is 3. The van der Waals surface area contributed by atoms with Gasteiger partial charge in [-0.2, -0.15) is 19.0 Å². The number of aromatic amines is 1. The van der Waals surface area contributed by atoms with Crippen molar-refractivity contribution >= 4 is 22.8 Å². The number of aliphatic hydroxyl groups is 1. The van der Waals surface area contributed by atoms with Gasteiger partial charge in [0.25, 0.3) is 0 Å². The summed E-state index contributed by atoms with van der Waals surface area (Å²) in [4.78, 5) is 8.66. The molecule has 3 aromatic rings. The van der Waals surface area contributed by atoms with Gasteiger partial charge < -0.3 is 15.2 Å². The molecule has 0 radical (unpaired) electrons. The zero-order chi connectivity index (χ0) is 17.4. The molecule has 0 unspecified atom stereocenters. The maximum absolute atomic E-state index is 12.2. The second-order valence-electron chi connectivity index (χ2n) is 5.97.